The van der Waals surface area contributed by atoms with Crippen LogP contribution in [-0.2, 0) is 11.4 Å². The van der Waals surface area contributed by atoms with Crippen LogP contribution in [0.15, 0.2) is 71.8 Å². The van der Waals surface area contributed by atoms with Crippen molar-refractivity contribution in [3.8, 4) is 11.5 Å². The van der Waals surface area contributed by atoms with Crippen molar-refractivity contribution in [1.29, 1.82) is 0 Å². The van der Waals surface area contributed by atoms with Gasteiger partial charge in [-0.1, -0.05) is 35.9 Å². The van der Waals surface area contributed by atoms with E-state index >= 15 is 0 Å². The molecule has 0 unspecified atom stereocenters. The van der Waals surface area contributed by atoms with Crippen LogP contribution in [0, 0.1) is 3.57 Å². The second-order valence-electron chi connectivity index (χ2n) is 7.01. The smallest absolute Gasteiger partial charge is 0.259 e. The van der Waals surface area contributed by atoms with E-state index in [1.807, 2.05) is 43.3 Å². The predicted octanol–water partition coefficient (Wildman–Crippen LogP) is 4.80. The lowest BCUT2D eigenvalue weighted by Gasteiger charge is -2.12. The molecule has 2 amide bonds. The molecule has 0 heterocycles. The molecule has 0 fully saturated rings. The Bertz CT molecular complexity index is 1170. The van der Waals surface area contributed by atoms with Gasteiger partial charge in [0.1, 0.15) is 6.61 Å². The van der Waals surface area contributed by atoms with Crippen LogP contribution in [0.5, 0.6) is 11.5 Å². The van der Waals surface area contributed by atoms with Gasteiger partial charge in [-0.15, -0.1) is 0 Å². The Morgan fingerprint density at radius 2 is 1.79 bits per heavy atom. The molecular weight excluding hydrogens is 569 g/mol. The topological polar surface area (TPSA) is 89.0 Å². The summed E-state index contributed by atoms with van der Waals surface area (Å²) in [7, 11) is 0. The molecule has 3 aromatic carbocycles. The normalized spacial score (nSPS) is 10.7. The second-order valence-corrected chi connectivity index (χ2v) is 8.61. The molecule has 0 saturated heterocycles. The Morgan fingerprint density at radius 3 is 2.53 bits per heavy atom. The third kappa shape index (κ3) is 7.74. The molecule has 0 aliphatic rings. The number of halogens is 2. The van der Waals surface area contributed by atoms with Gasteiger partial charge in [0, 0.05) is 8.59 Å². The molecular formula is C25H23ClIN3O4. The van der Waals surface area contributed by atoms with Gasteiger partial charge in [0.2, 0.25) is 0 Å². The Kier molecular flexibility index (Phi) is 9.72. The minimum absolute atomic E-state index is 0.192. The third-order valence-corrected chi connectivity index (χ3v) is 5.70. The van der Waals surface area contributed by atoms with Crippen LogP contribution in [0.1, 0.15) is 28.4 Å². The van der Waals surface area contributed by atoms with Crippen LogP contribution < -0.4 is 20.2 Å². The van der Waals surface area contributed by atoms with Gasteiger partial charge in [0.15, 0.2) is 11.5 Å². The number of carbonyl (C=O) groups excluding carboxylic acids is 2. The van der Waals surface area contributed by atoms with E-state index in [0.717, 1.165) is 9.13 Å². The van der Waals surface area contributed by atoms with Gasteiger partial charge in [-0.3, -0.25) is 9.59 Å². The summed E-state index contributed by atoms with van der Waals surface area (Å²) < 4.78 is 12.4. The summed E-state index contributed by atoms with van der Waals surface area (Å²) in [4.78, 5) is 24.2. The van der Waals surface area contributed by atoms with Crippen molar-refractivity contribution in [2.75, 3.05) is 13.2 Å². The van der Waals surface area contributed by atoms with Crippen molar-refractivity contribution < 1.29 is 19.1 Å². The zero-order chi connectivity index (χ0) is 24.3. The second kappa shape index (κ2) is 13.0. The van der Waals surface area contributed by atoms with E-state index in [1.165, 1.54) is 6.21 Å². The van der Waals surface area contributed by atoms with Crippen LogP contribution in [-0.4, -0.2) is 31.2 Å². The van der Waals surface area contributed by atoms with Crippen molar-refractivity contribution >= 4 is 52.2 Å². The largest absolute Gasteiger partial charge is 0.490 e. The summed E-state index contributed by atoms with van der Waals surface area (Å²) in [5.41, 5.74) is 4.61. The number of hydrogen-bond donors (Lipinski definition) is 2. The number of amides is 2. The van der Waals surface area contributed by atoms with E-state index < -0.39 is 5.91 Å². The number of hydrazone groups is 1. The summed E-state index contributed by atoms with van der Waals surface area (Å²) >= 11 is 7.99. The maximum absolute atomic E-state index is 12.2. The number of ether oxygens (including phenoxy) is 2. The molecule has 9 heteroatoms. The first-order valence-electron chi connectivity index (χ1n) is 10.4. The minimum atomic E-state index is -0.441. The number of benzene rings is 3. The maximum atomic E-state index is 12.2. The average Bonchev–Trinajstić information content (AvgIpc) is 2.83. The standard InChI is InChI=1S/C25H23ClIN3O4/c1-2-33-23-13-18(9-12-22(23)34-16-17-7-10-19(26)11-8-17)14-29-30-24(31)15-28-25(32)20-5-3-4-6-21(20)27/h3-14H,2,15-16H2,1H3,(H,28,32)(H,30,31)/b29-14-. The lowest BCUT2D eigenvalue weighted by atomic mass is 10.2. The highest BCUT2D eigenvalue weighted by Gasteiger charge is 2.10. The molecule has 3 aromatic rings. The van der Waals surface area contributed by atoms with E-state index in [2.05, 4.69) is 38.4 Å². The number of rotatable bonds is 10. The third-order valence-electron chi connectivity index (χ3n) is 4.51. The summed E-state index contributed by atoms with van der Waals surface area (Å²) in [5, 5.41) is 7.20. The van der Waals surface area contributed by atoms with Gasteiger partial charge < -0.3 is 14.8 Å². The first-order chi connectivity index (χ1) is 16.5. The zero-order valence-corrected chi connectivity index (χ0v) is 21.3. The van der Waals surface area contributed by atoms with Gasteiger partial charge in [-0.2, -0.15) is 5.10 Å². The van der Waals surface area contributed by atoms with Crippen molar-refractivity contribution in [3.63, 3.8) is 0 Å². The van der Waals surface area contributed by atoms with Crippen molar-refractivity contribution in [2.45, 2.75) is 13.5 Å². The number of hydrogen-bond acceptors (Lipinski definition) is 5. The molecule has 7 nitrogen and oxygen atoms in total. The summed E-state index contributed by atoms with van der Waals surface area (Å²) in [6.45, 7) is 2.53. The van der Waals surface area contributed by atoms with Crippen LogP contribution in [0.25, 0.3) is 0 Å². The summed E-state index contributed by atoms with van der Waals surface area (Å²) in [6.07, 6.45) is 1.49. The lowest BCUT2D eigenvalue weighted by Crippen LogP contribution is -2.35. The molecule has 0 aliphatic carbocycles. The van der Waals surface area contributed by atoms with E-state index in [4.69, 9.17) is 21.1 Å². The van der Waals surface area contributed by atoms with E-state index in [-0.39, 0.29) is 12.5 Å². The molecule has 2 N–H and O–H groups in total. The van der Waals surface area contributed by atoms with Gasteiger partial charge in [0.25, 0.3) is 11.8 Å². The number of nitrogens with zero attached hydrogens (tertiary/aromatic N) is 1. The van der Waals surface area contributed by atoms with E-state index in [0.29, 0.717) is 40.9 Å². The molecule has 0 bridgehead atoms. The first kappa shape index (κ1) is 25.5. The molecule has 0 aliphatic heterocycles. The van der Waals surface area contributed by atoms with Crippen LogP contribution in [0.2, 0.25) is 5.02 Å². The molecule has 0 aromatic heterocycles. The Labute approximate surface area is 216 Å². The molecule has 3 rings (SSSR count). The molecule has 0 radical (unpaired) electrons. The van der Waals surface area contributed by atoms with E-state index in [1.54, 1.807) is 30.3 Å². The fraction of sp³-hybridized carbons (Fsp3) is 0.160. The number of nitrogens with one attached hydrogen (secondary N) is 2. The summed E-state index contributed by atoms with van der Waals surface area (Å²) in [5.74, 6) is 0.399. The van der Waals surface area contributed by atoms with Gasteiger partial charge in [-0.05, 0) is 83.1 Å². The fourth-order valence-corrected chi connectivity index (χ4v) is 3.61. The highest BCUT2D eigenvalue weighted by atomic mass is 127. The molecule has 34 heavy (non-hydrogen) atoms. The highest BCUT2D eigenvalue weighted by Crippen LogP contribution is 2.29. The van der Waals surface area contributed by atoms with Gasteiger partial charge >= 0.3 is 0 Å². The van der Waals surface area contributed by atoms with E-state index in [9.17, 15) is 9.59 Å². The maximum Gasteiger partial charge on any atom is 0.259 e. The Morgan fingerprint density at radius 1 is 1.03 bits per heavy atom. The molecule has 176 valence electrons. The molecule has 0 saturated carbocycles. The first-order valence-corrected chi connectivity index (χ1v) is 11.9. The Balaban J connectivity index is 1.53. The Hall–Kier alpha value is -3.11. The number of carbonyl (C=O) groups is 2. The average molecular weight is 592 g/mol. The quantitative estimate of drug-likeness (QED) is 0.201. The minimum Gasteiger partial charge on any atom is -0.490 e. The lowest BCUT2D eigenvalue weighted by molar-refractivity contribution is -0.120. The van der Waals surface area contributed by atoms with Crippen LogP contribution >= 0.6 is 34.2 Å². The van der Waals surface area contributed by atoms with Gasteiger partial charge in [-0.25, -0.2) is 5.43 Å². The fourth-order valence-electron chi connectivity index (χ4n) is 2.85. The van der Waals surface area contributed by atoms with Crippen molar-refractivity contribution in [2.24, 2.45) is 5.10 Å². The van der Waals surface area contributed by atoms with Crippen LogP contribution in [0.4, 0.5) is 0 Å². The molecule has 0 spiro atoms. The van der Waals surface area contributed by atoms with Crippen molar-refractivity contribution in [3.05, 3.63) is 92.0 Å². The monoisotopic (exact) mass is 591 g/mol. The molecule has 0 atom stereocenters. The van der Waals surface area contributed by atoms with Gasteiger partial charge in [0.05, 0.1) is 24.9 Å². The summed E-state index contributed by atoms with van der Waals surface area (Å²) in [6, 6.07) is 19.9. The van der Waals surface area contributed by atoms with Crippen LogP contribution in [0.3, 0.4) is 0 Å². The van der Waals surface area contributed by atoms with Crippen molar-refractivity contribution in [1.82, 2.24) is 10.7 Å². The predicted molar refractivity (Wildman–Crippen MR) is 141 cm³/mol. The zero-order valence-electron chi connectivity index (χ0n) is 18.4. The highest BCUT2D eigenvalue weighted by molar-refractivity contribution is 14.1. The SMILES string of the molecule is CCOc1cc(/C=N\NC(=O)CNC(=O)c2ccccc2I)ccc1OCc1ccc(Cl)cc1.